The van der Waals surface area contributed by atoms with Gasteiger partial charge in [0, 0.05) is 23.0 Å². The molecular weight excluding hydrogens is 417 g/mol. The quantitative estimate of drug-likeness (QED) is 0.474. The second-order valence-electron chi connectivity index (χ2n) is 9.20. The number of alkyl halides is 3. The van der Waals surface area contributed by atoms with Crippen LogP contribution in [0, 0.1) is 11.8 Å². The molecule has 0 aliphatic heterocycles. The van der Waals surface area contributed by atoms with Crippen LogP contribution in [-0.4, -0.2) is 17.0 Å². The lowest BCUT2D eigenvalue weighted by Gasteiger charge is -2.36. The number of nitrogens with one attached hydrogen (secondary N) is 2. The molecule has 0 radical (unpaired) electrons. The molecule has 1 aromatic heterocycles. The van der Waals surface area contributed by atoms with Gasteiger partial charge in [0.15, 0.2) is 0 Å². The molecule has 2 saturated carbocycles. The minimum Gasteiger partial charge on any atom is -0.490 e. The van der Waals surface area contributed by atoms with Crippen molar-refractivity contribution in [3.05, 3.63) is 59.8 Å². The molecular formula is C25H25F3N2O2. The van der Waals surface area contributed by atoms with Gasteiger partial charge < -0.3 is 15.0 Å². The lowest BCUT2D eigenvalue weighted by Crippen LogP contribution is -2.33. The Bertz CT molecular complexity index is 1120. The lowest BCUT2D eigenvalue weighted by atomic mass is 9.75. The smallest absolute Gasteiger partial charge is 0.416 e. The van der Waals surface area contributed by atoms with Crippen LogP contribution < -0.4 is 10.1 Å². The molecule has 0 atom stereocenters. The van der Waals surface area contributed by atoms with Gasteiger partial charge >= 0.3 is 6.18 Å². The van der Waals surface area contributed by atoms with Gasteiger partial charge in [0.1, 0.15) is 5.75 Å². The number of aromatic nitrogens is 1. The summed E-state index contributed by atoms with van der Waals surface area (Å²) in [4.78, 5) is 15.6. The lowest BCUT2D eigenvalue weighted by molar-refractivity contribution is -0.137. The topological polar surface area (TPSA) is 54.1 Å². The number of H-pyrrole nitrogens is 1. The Labute approximate surface area is 184 Å². The maximum Gasteiger partial charge on any atom is 0.416 e. The molecule has 1 amide bonds. The van der Waals surface area contributed by atoms with Gasteiger partial charge in [0.05, 0.1) is 17.4 Å². The number of fused-ring (bicyclic) bond motifs is 1. The first-order valence-corrected chi connectivity index (χ1v) is 11.0. The van der Waals surface area contributed by atoms with Crippen molar-refractivity contribution in [3.63, 3.8) is 0 Å². The van der Waals surface area contributed by atoms with Crippen LogP contribution in [0.1, 0.15) is 49.7 Å². The molecule has 4 nitrogen and oxygen atoms in total. The summed E-state index contributed by atoms with van der Waals surface area (Å²) < 4.78 is 44.3. The van der Waals surface area contributed by atoms with E-state index in [0.29, 0.717) is 5.92 Å². The fourth-order valence-corrected chi connectivity index (χ4v) is 4.70. The van der Waals surface area contributed by atoms with Gasteiger partial charge in [0.2, 0.25) is 5.91 Å². The van der Waals surface area contributed by atoms with Gasteiger partial charge in [-0.25, -0.2) is 0 Å². The summed E-state index contributed by atoms with van der Waals surface area (Å²) in [5.41, 5.74) is 1.97. The first-order valence-electron chi connectivity index (χ1n) is 11.0. The highest BCUT2D eigenvalue weighted by Crippen LogP contribution is 2.41. The van der Waals surface area contributed by atoms with Gasteiger partial charge in [-0.1, -0.05) is 19.1 Å². The maximum atomic E-state index is 12.7. The minimum atomic E-state index is -4.31. The Hall–Kier alpha value is -2.96. The van der Waals surface area contributed by atoms with Crippen molar-refractivity contribution in [3.8, 4) is 5.75 Å². The summed E-state index contributed by atoms with van der Waals surface area (Å²) in [6, 6.07) is 11.2. The SMILES string of the molecule is C[C@H]1C[C@H](C(=O)Nc2c[nH]c3ccc(O[C@H]4C[C@@H](c5ccc(C(F)(F)F)cc5)C4)cc23)C1. The highest BCUT2D eigenvalue weighted by molar-refractivity contribution is 6.03. The fourth-order valence-electron chi connectivity index (χ4n) is 4.70. The van der Waals surface area contributed by atoms with Gasteiger partial charge in [-0.2, -0.15) is 13.2 Å². The number of carbonyl (C=O) groups excluding carboxylic acids is 1. The molecule has 1 heterocycles. The van der Waals surface area contributed by atoms with Crippen molar-refractivity contribution < 1.29 is 22.7 Å². The molecule has 0 bridgehead atoms. The van der Waals surface area contributed by atoms with E-state index in [0.717, 1.165) is 65.7 Å². The number of hydrogen-bond acceptors (Lipinski definition) is 2. The van der Waals surface area contributed by atoms with Crippen LogP contribution in [0.3, 0.4) is 0 Å². The van der Waals surface area contributed by atoms with Crippen molar-refractivity contribution in [1.29, 1.82) is 0 Å². The summed E-state index contributed by atoms with van der Waals surface area (Å²) >= 11 is 0. The number of benzene rings is 2. The van der Waals surface area contributed by atoms with Gasteiger partial charge in [-0.05, 0) is 73.4 Å². The van der Waals surface area contributed by atoms with Crippen molar-refractivity contribution in [2.75, 3.05) is 5.32 Å². The Balaban J connectivity index is 1.20. The second-order valence-corrected chi connectivity index (χ2v) is 9.20. The molecule has 3 aromatic rings. The highest BCUT2D eigenvalue weighted by Gasteiger charge is 2.34. The van der Waals surface area contributed by atoms with Crippen molar-refractivity contribution in [2.24, 2.45) is 11.8 Å². The number of rotatable bonds is 5. The van der Waals surface area contributed by atoms with Crippen molar-refractivity contribution in [2.45, 2.75) is 50.8 Å². The zero-order chi connectivity index (χ0) is 22.5. The molecule has 2 N–H and O–H groups in total. The number of halogens is 3. The molecule has 0 unspecified atom stereocenters. The molecule has 2 aromatic carbocycles. The standard InChI is InChI=1S/C25H25F3N2O2/c1-14-8-17(9-14)24(31)30-23-13-29-22-7-6-19(12-21(22)23)32-20-10-16(11-20)15-2-4-18(5-3-15)25(26,27)28/h2-7,12-14,16-17,20,29H,8-11H2,1H3,(H,30,31)/t14-,16-,17-,20+. The Morgan fingerprint density at radius 1 is 1.06 bits per heavy atom. The fraction of sp³-hybridized carbons (Fsp3) is 0.400. The zero-order valence-corrected chi connectivity index (χ0v) is 17.7. The number of aromatic amines is 1. The van der Waals surface area contributed by atoms with E-state index in [1.54, 1.807) is 18.3 Å². The normalized spacial score (nSPS) is 25.1. The molecule has 32 heavy (non-hydrogen) atoms. The first-order chi connectivity index (χ1) is 15.3. The first kappa shape index (κ1) is 20.9. The molecule has 2 fully saturated rings. The third kappa shape index (κ3) is 4.08. The molecule has 5 rings (SSSR count). The van der Waals surface area contributed by atoms with E-state index in [-0.39, 0.29) is 23.8 Å². The number of hydrogen-bond donors (Lipinski definition) is 2. The van der Waals surface area contributed by atoms with E-state index >= 15 is 0 Å². The van der Waals surface area contributed by atoms with Gasteiger partial charge in [-0.15, -0.1) is 0 Å². The van der Waals surface area contributed by atoms with Crippen molar-refractivity contribution >= 4 is 22.5 Å². The minimum absolute atomic E-state index is 0.0215. The summed E-state index contributed by atoms with van der Waals surface area (Å²) in [6.07, 6.45) is 0.913. The van der Waals surface area contributed by atoms with E-state index < -0.39 is 11.7 Å². The average molecular weight is 442 g/mol. The maximum absolute atomic E-state index is 12.7. The van der Waals surface area contributed by atoms with E-state index in [1.807, 2.05) is 18.2 Å². The van der Waals surface area contributed by atoms with E-state index in [9.17, 15) is 18.0 Å². The predicted molar refractivity (Wildman–Crippen MR) is 117 cm³/mol. The number of anilines is 1. The van der Waals surface area contributed by atoms with Crippen LogP contribution >= 0.6 is 0 Å². The Kier molecular flexibility index (Phi) is 5.14. The van der Waals surface area contributed by atoms with Crippen LogP contribution in [0.15, 0.2) is 48.7 Å². The van der Waals surface area contributed by atoms with Crippen LogP contribution in [0.4, 0.5) is 18.9 Å². The summed E-state index contributed by atoms with van der Waals surface area (Å²) in [6.45, 7) is 2.15. The molecule has 7 heteroatoms. The van der Waals surface area contributed by atoms with E-state index in [2.05, 4.69) is 17.2 Å². The number of carbonyl (C=O) groups is 1. The van der Waals surface area contributed by atoms with Gasteiger partial charge in [-0.3, -0.25) is 4.79 Å². The summed E-state index contributed by atoms with van der Waals surface area (Å²) in [7, 11) is 0. The second kappa shape index (κ2) is 7.87. The highest BCUT2D eigenvalue weighted by atomic mass is 19.4. The van der Waals surface area contributed by atoms with Gasteiger partial charge in [0.25, 0.3) is 0 Å². The largest absolute Gasteiger partial charge is 0.490 e. The van der Waals surface area contributed by atoms with Crippen molar-refractivity contribution in [1.82, 2.24) is 4.98 Å². The summed E-state index contributed by atoms with van der Waals surface area (Å²) in [5.74, 6) is 1.70. The third-order valence-corrected chi connectivity index (χ3v) is 6.76. The number of ether oxygens (including phenoxy) is 1. The van der Waals surface area contributed by atoms with E-state index in [4.69, 9.17) is 4.74 Å². The zero-order valence-electron chi connectivity index (χ0n) is 17.7. The van der Waals surface area contributed by atoms with Crippen LogP contribution in [0.25, 0.3) is 10.9 Å². The average Bonchev–Trinajstić information content (AvgIpc) is 3.09. The monoisotopic (exact) mass is 442 g/mol. The Morgan fingerprint density at radius 3 is 2.44 bits per heavy atom. The molecule has 2 aliphatic carbocycles. The molecule has 2 aliphatic rings. The third-order valence-electron chi connectivity index (χ3n) is 6.76. The van der Waals surface area contributed by atoms with Crippen LogP contribution in [-0.2, 0) is 11.0 Å². The number of amides is 1. The Morgan fingerprint density at radius 2 is 1.78 bits per heavy atom. The van der Waals surface area contributed by atoms with Crippen LogP contribution in [0.2, 0.25) is 0 Å². The van der Waals surface area contributed by atoms with E-state index in [1.165, 1.54) is 0 Å². The molecule has 168 valence electrons. The molecule has 0 saturated heterocycles. The summed E-state index contributed by atoms with van der Waals surface area (Å²) in [5, 5.41) is 3.94. The van der Waals surface area contributed by atoms with Crippen LogP contribution in [0.5, 0.6) is 5.75 Å². The molecule has 0 spiro atoms. The predicted octanol–water partition coefficient (Wildman–Crippen LogP) is 6.50.